The molecule has 2 rings (SSSR count). The van der Waals surface area contributed by atoms with Crippen LogP contribution in [-0.2, 0) is 0 Å². The second kappa shape index (κ2) is 6.89. The lowest BCUT2D eigenvalue weighted by Crippen LogP contribution is -2.39. The number of likely N-dealkylation sites (tertiary alicyclic amines) is 1. The Morgan fingerprint density at radius 3 is 2.52 bits per heavy atom. The maximum absolute atomic E-state index is 13.2. The van der Waals surface area contributed by atoms with Crippen molar-refractivity contribution in [3.63, 3.8) is 0 Å². The van der Waals surface area contributed by atoms with E-state index in [0.717, 1.165) is 37.5 Å². The molecule has 1 saturated heterocycles. The molecule has 2 nitrogen and oxygen atoms in total. The van der Waals surface area contributed by atoms with Crippen molar-refractivity contribution in [2.24, 2.45) is 17.1 Å². The summed E-state index contributed by atoms with van der Waals surface area (Å²) in [7, 11) is 0. The fourth-order valence-corrected chi connectivity index (χ4v) is 3.25. The van der Waals surface area contributed by atoms with Gasteiger partial charge in [0.1, 0.15) is 5.82 Å². The van der Waals surface area contributed by atoms with Crippen molar-refractivity contribution in [2.75, 3.05) is 19.6 Å². The van der Waals surface area contributed by atoms with Gasteiger partial charge < -0.3 is 10.6 Å². The zero-order valence-electron chi connectivity index (χ0n) is 13.6. The number of hydrogen-bond acceptors (Lipinski definition) is 2. The molecular weight excluding hydrogens is 263 g/mol. The molecule has 1 aromatic rings. The Kier molecular flexibility index (Phi) is 5.39. The van der Waals surface area contributed by atoms with Crippen LogP contribution in [0.4, 0.5) is 4.39 Å². The maximum Gasteiger partial charge on any atom is 0.123 e. The van der Waals surface area contributed by atoms with E-state index in [0.29, 0.717) is 5.41 Å². The van der Waals surface area contributed by atoms with Crippen molar-refractivity contribution in [2.45, 2.75) is 46.1 Å². The van der Waals surface area contributed by atoms with E-state index in [1.54, 1.807) is 12.1 Å². The number of rotatable bonds is 4. The molecular formula is C18H29FN2. The summed E-state index contributed by atoms with van der Waals surface area (Å²) < 4.78 is 13.2. The van der Waals surface area contributed by atoms with E-state index in [9.17, 15) is 4.39 Å². The smallest absolute Gasteiger partial charge is 0.123 e. The molecule has 1 aliphatic heterocycles. The Balaban J connectivity index is 1.77. The van der Waals surface area contributed by atoms with Gasteiger partial charge in [0.15, 0.2) is 0 Å². The first-order valence-electron chi connectivity index (χ1n) is 8.09. The van der Waals surface area contributed by atoms with E-state index >= 15 is 0 Å². The summed E-state index contributed by atoms with van der Waals surface area (Å²) in [6.45, 7) is 10.4. The molecule has 0 radical (unpaired) electrons. The average molecular weight is 292 g/mol. The fourth-order valence-electron chi connectivity index (χ4n) is 3.25. The van der Waals surface area contributed by atoms with Crippen LogP contribution in [-0.4, -0.2) is 24.5 Å². The van der Waals surface area contributed by atoms with Gasteiger partial charge in [-0.2, -0.15) is 0 Å². The molecule has 1 aromatic carbocycles. The molecule has 0 aromatic heterocycles. The summed E-state index contributed by atoms with van der Waals surface area (Å²) in [6.07, 6.45) is 3.45. The third-order valence-electron chi connectivity index (χ3n) is 4.85. The molecule has 0 bridgehead atoms. The zero-order chi connectivity index (χ0) is 15.5. The van der Waals surface area contributed by atoms with Crippen molar-refractivity contribution in [3.05, 3.63) is 35.6 Å². The topological polar surface area (TPSA) is 29.3 Å². The van der Waals surface area contributed by atoms with E-state index in [4.69, 9.17) is 5.73 Å². The van der Waals surface area contributed by atoms with Crippen LogP contribution in [0, 0.1) is 17.2 Å². The number of nitrogens with zero attached hydrogens (tertiary/aromatic N) is 1. The SMILES string of the molecule is CC(C)(C)C1CCN(CCC(N)c2cccc(F)c2)CC1. The molecule has 2 N–H and O–H groups in total. The minimum absolute atomic E-state index is 0.0685. The minimum atomic E-state index is -0.200. The van der Waals surface area contributed by atoms with Gasteiger partial charge in [-0.3, -0.25) is 0 Å². The Bertz CT molecular complexity index is 445. The third-order valence-corrected chi connectivity index (χ3v) is 4.85. The van der Waals surface area contributed by atoms with Crippen LogP contribution in [0.5, 0.6) is 0 Å². The lowest BCUT2D eigenvalue weighted by Gasteiger charge is -2.39. The Morgan fingerprint density at radius 1 is 1.29 bits per heavy atom. The molecule has 3 heteroatoms. The largest absolute Gasteiger partial charge is 0.324 e. The summed E-state index contributed by atoms with van der Waals surface area (Å²) in [5.74, 6) is 0.625. The molecule has 0 aliphatic carbocycles. The standard InChI is InChI=1S/C18H29FN2/c1-18(2,3)15-7-10-21(11-8-15)12-9-17(20)14-5-4-6-16(19)13-14/h4-6,13,15,17H,7-12,20H2,1-3H3. The minimum Gasteiger partial charge on any atom is -0.324 e. The highest BCUT2D eigenvalue weighted by molar-refractivity contribution is 5.19. The van der Waals surface area contributed by atoms with Crippen LogP contribution >= 0.6 is 0 Å². The van der Waals surface area contributed by atoms with Crippen LogP contribution in [0.2, 0.25) is 0 Å². The van der Waals surface area contributed by atoms with Gasteiger partial charge in [0.25, 0.3) is 0 Å². The molecule has 1 aliphatic rings. The van der Waals surface area contributed by atoms with E-state index in [2.05, 4.69) is 25.7 Å². The molecule has 1 atom stereocenters. The molecule has 0 amide bonds. The van der Waals surface area contributed by atoms with Crippen LogP contribution in [0.15, 0.2) is 24.3 Å². The molecule has 118 valence electrons. The van der Waals surface area contributed by atoms with E-state index in [1.807, 2.05) is 6.07 Å². The van der Waals surface area contributed by atoms with Gasteiger partial charge in [0, 0.05) is 6.04 Å². The van der Waals surface area contributed by atoms with Crippen LogP contribution in [0.25, 0.3) is 0 Å². The summed E-state index contributed by atoms with van der Waals surface area (Å²) in [6, 6.07) is 6.60. The van der Waals surface area contributed by atoms with Gasteiger partial charge in [0.2, 0.25) is 0 Å². The normalized spacial score (nSPS) is 19.7. The van der Waals surface area contributed by atoms with Gasteiger partial charge in [0.05, 0.1) is 0 Å². The van der Waals surface area contributed by atoms with Crippen molar-refractivity contribution in [1.29, 1.82) is 0 Å². The predicted molar refractivity (Wildman–Crippen MR) is 86.6 cm³/mol. The summed E-state index contributed by atoms with van der Waals surface area (Å²) in [5.41, 5.74) is 7.51. The predicted octanol–water partition coefficient (Wildman–Crippen LogP) is 3.97. The Hall–Kier alpha value is -0.930. The summed E-state index contributed by atoms with van der Waals surface area (Å²) in [5, 5.41) is 0. The van der Waals surface area contributed by atoms with E-state index in [1.165, 1.54) is 18.9 Å². The second-order valence-corrected chi connectivity index (χ2v) is 7.43. The van der Waals surface area contributed by atoms with E-state index in [-0.39, 0.29) is 11.9 Å². The lowest BCUT2D eigenvalue weighted by molar-refractivity contribution is 0.110. The number of halogens is 1. The second-order valence-electron chi connectivity index (χ2n) is 7.43. The molecule has 21 heavy (non-hydrogen) atoms. The van der Waals surface area contributed by atoms with Gasteiger partial charge >= 0.3 is 0 Å². The molecule has 1 heterocycles. The van der Waals surface area contributed by atoms with Crippen LogP contribution < -0.4 is 5.73 Å². The summed E-state index contributed by atoms with van der Waals surface area (Å²) >= 11 is 0. The van der Waals surface area contributed by atoms with Gasteiger partial charge in [-0.1, -0.05) is 32.9 Å². The molecule has 1 unspecified atom stereocenters. The highest BCUT2D eigenvalue weighted by Gasteiger charge is 2.28. The van der Waals surface area contributed by atoms with Crippen LogP contribution in [0.3, 0.4) is 0 Å². The molecule has 0 spiro atoms. The number of hydrogen-bond donors (Lipinski definition) is 1. The van der Waals surface area contributed by atoms with E-state index < -0.39 is 0 Å². The monoisotopic (exact) mass is 292 g/mol. The number of piperidine rings is 1. The average Bonchev–Trinajstić information content (AvgIpc) is 2.44. The van der Waals surface area contributed by atoms with Gasteiger partial charge in [-0.15, -0.1) is 0 Å². The zero-order valence-corrected chi connectivity index (χ0v) is 13.6. The number of nitrogens with two attached hydrogens (primary N) is 1. The quantitative estimate of drug-likeness (QED) is 0.909. The first-order valence-corrected chi connectivity index (χ1v) is 8.09. The Labute approximate surface area is 128 Å². The van der Waals surface area contributed by atoms with Gasteiger partial charge in [-0.25, -0.2) is 4.39 Å². The highest BCUT2D eigenvalue weighted by atomic mass is 19.1. The van der Waals surface area contributed by atoms with Gasteiger partial charge in [-0.05, 0) is 67.9 Å². The maximum atomic E-state index is 13.2. The lowest BCUT2D eigenvalue weighted by atomic mass is 9.75. The fraction of sp³-hybridized carbons (Fsp3) is 0.667. The van der Waals surface area contributed by atoms with Crippen molar-refractivity contribution >= 4 is 0 Å². The Morgan fingerprint density at radius 2 is 1.95 bits per heavy atom. The highest BCUT2D eigenvalue weighted by Crippen LogP contribution is 2.34. The van der Waals surface area contributed by atoms with Crippen molar-refractivity contribution in [1.82, 2.24) is 4.90 Å². The molecule has 1 fully saturated rings. The number of benzene rings is 1. The summed E-state index contributed by atoms with van der Waals surface area (Å²) in [4.78, 5) is 2.50. The van der Waals surface area contributed by atoms with Crippen LogP contribution in [0.1, 0.15) is 51.6 Å². The third kappa shape index (κ3) is 4.79. The first-order chi connectivity index (χ1) is 9.86. The molecule has 0 saturated carbocycles. The first kappa shape index (κ1) is 16.4. The van der Waals surface area contributed by atoms with Crippen molar-refractivity contribution < 1.29 is 4.39 Å². The van der Waals surface area contributed by atoms with Crippen molar-refractivity contribution in [3.8, 4) is 0 Å².